The Balaban J connectivity index is 1.84. The first-order chi connectivity index (χ1) is 14.2. The summed E-state index contributed by atoms with van der Waals surface area (Å²) < 4.78 is 41.4. The van der Waals surface area contributed by atoms with Gasteiger partial charge in [0.15, 0.2) is 0 Å². The molecule has 0 aromatic heterocycles. The molecular weight excluding hydrogens is 427 g/mol. The standard InChI is InChI=1S/C22H20ClFN2O3S/c1-14-5-3-8-18(11-14)26-30(28,29)19-9-10-21(23)20(13-19)22(27)25-15(2)16-6-4-7-17(24)12-16/h3-13,15,26H,1-2H3,(H,25,27). The number of rotatable bonds is 6. The van der Waals surface area contributed by atoms with Gasteiger partial charge in [0.2, 0.25) is 0 Å². The summed E-state index contributed by atoms with van der Waals surface area (Å²) in [6, 6.07) is 16.2. The van der Waals surface area contributed by atoms with Gasteiger partial charge in [-0.05, 0) is 67.4 Å². The quantitative estimate of drug-likeness (QED) is 0.554. The van der Waals surface area contributed by atoms with Crippen LogP contribution < -0.4 is 10.0 Å². The van der Waals surface area contributed by atoms with Crippen molar-refractivity contribution in [2.24, 2.45) is 0 Å². The number of anilines is 1. The molecule has 0 spiro atoms. The molecule has 0 fully saturated rings. The number of benzene rings is 3. The SMILES string of the molecule is Cc1cccc(NS(=O)(=O)c2ccc(Cl)c(C(=O)NC(C)c3cccc(F)c3)c2)c1. The molecule has 8 heteroatoms. The Kier molecular flexibility index (Phi) is 6.43. The largest absolute Gasteiger partial charge is 0.345 e. The summed E-state index contributed by atoms with van der Waals surface area (Å²) in [5.41, 5.74) is 1.89. The van der Waals surface area contributed by atoms with Crippen molar-refractivity contribution < 1.29 is 17.6 Å². The second-order valence-electron chi connectivity index (χ2n) is 6.87. The molecule has 3 aromatic carbocycles. The second-order valence-corrected chi connectivity index (χ2v) is 8.96. The lowest BCUT2D eigenvalue weighted by atomic mass is 10.1. The van der Waals surface area contributed by atoms with E-state index in [4.69, 9.17) is 11.6 Å². The third-order valence-electron chi connectivity index (χ3n) is 4.46. The molecule has 5 nitrogen and oxygen atoms in total. The Morgan fingerprint density at radius 1 is 1.03 bits per heavy atom. The number of nitrogens with one attached hydrogen (secondary N) is 2. The number of sulfonamides is 1. The number of aryl methyl sites for hydroxylation is 1. The number of carbonyl (C=O) groups is 1. The molecule has 0 aliphatic carbocycles. The number of halogens is 2. The molecule has 1 unspecified atom stereocenters. The van der Waals surface area contributed by atoms with E-state index in [9.17, 15) is 17.6 Å². The molecule has 3 rings (SSSR count). The van der Waals surface area contributed by atoms with E-state index in [1.54, 1.807) is 37.3 Å². The summed E-state index contributed by atoms with van der Waals surface area (Å²) in [6.07, 6.45) is 0. The number of hydrogen-bond acceptors (Lipinski definition) is 3. The summed E-state index contributed by atoms with van der Waals surface area (Å²) in [5, 5.41) is 2.82. The lowest BCUT2D eigenvalue weighted by Crippen LogP contribution is -2.27. The Morgan fingerprint density at radius 2 is 1.77 bits per heavy atom. The smallest absolute Gasteiger partial charge is 0.261 e. The topological polar surface area (TPSA) is 75.3 Å². The van der Waals surface area contributed by atoms with Gasteiger partial charge in [0.25, 0.3) is 15.9 Å². The van der Waals surface area contributed by atoms with Gasteiger partial charge in [-0.3, -0.25) is 9.52 Å². The van der Waals surface area contributed by atoms with Crippen molar-refractivity contribution in [1.29, 1.82) is 0 Å². The van der Waals surface area contributed by atoms with E-state index >= 15 is 0 Å². The van der Waals surface area contributed by atoms with Gasteiger partial charge in [-0.2, -0.15) is 0 Å². The van der Waals surface area contributed by atoms with Gasteiger partial charge in [-0.25, -0.2) is 12.8 Å². The van der Waals surface area contributed by atoms with Crippen molar-refractivity contribution in [1.82, 2.24) is 5.32 Å². The molecular formula is C22H20ClFN2O3S. The van der Waals surface area contributed by atoms with Crippen LogP contribution in [0.3, 0.4) is 0 Å². The minimum absolute atomic E-state index is 0.00652. The molecule has 1 amide bonds. The maximum atomic E-state index is 13.4. The lowest BCUT2D eigenvalue weighted by Gasteiger charge is -2.16. The first-order valence-corrected chi connectivity index (χ1v) is 11.0. The number of hydrogen-bond donors (Lipinski definition) is 2. The average Bonchev–Trinajstić information content (AvgIpc) is 2.67. The Labute approximate surface area is 179 Å². The summed E-state index contributed by atoms with van der Waals surface area (Å²) in [6.45, 7) is 3.54. The number of amides is 1. The maximum Gasteiger partial charge on any atom is 0.261 e. The summed E-state index contributed by atoms with van der Waals surface area (Å²) in [7, 11) is -3.93. The highest BCUT2D eigenvalue weighted by Crippen LogP contribution is 2.24. The second kappa shape index (κ2) is 8.85. The molecule has 2 N–H and O–H groups in total. The van der Waals surface area contributed by atoms with Gasteiger partial charge in [-0.1, -0.05) is 35.9 Å². The third kappa shape index (κ3) is 5.17. The Bertz CT molecular complexity index is 1200. The first kappa shape index (κ1) is 21.8. The minimum Gasteiger partial charge on any atom is -0.345 e. The average molecular weight is 447 g/mol. The lowest BCUT2D eigenvalue weighted by molar-refractivity contribution is 0.0939. The van der Waals surface area contributed by atoms with Crippen LogP contribution in [0, 0.1) is 12.7 Å². The van der Waals surface area contributed by atoms with Gasteiger partial charge in [0.05, 0.1) is 21.5 Å². The fourth-order valence-electron chi connectivity index (χ4n) is 2.90. The van der Waals surface area contributed by atoms with Crippen molar-refractivity contribution in [3.63, 3.8) is 0 Å². The Hall–Kier alpha value is -2.90. The maximum absolute atomic E-state index is 13.4. The molecule has 0 aliphatic heterocycles. The van der Waals surface area contributed by atoms with Gasteiger partial charge in [0, 0.05) is 5.69 Å². The molecule has 0 saturated carbocycles. The van der Waals surface area contributed by atoms with Crippen LogP contribution in [0.15, 0.2) is 71.6 Å². The first-order valence-electron chi connectivity index (χ1n) is 9.11. The van der Waals surface area contributed by atoms with Crippen molar-refractivity contribution in [3.8, 4) is 0 Å². The fourth-order valence-corrected chi connectivity index (χ4v) is 4.18. The minimum atomic E-state index is -3.93. The highest BCUT2D eigenvalue weighted by atomic mass is 35.5. The molecule has 0 saturated heterocycles. The molecule has 0 bridgehead atoms. The van der Waals surface area contributed by atoms with E-state index < -0.39 is 27.8 Å². The predicted molar refractivity (Wildman–Crippen MR) is 116 cm³/mol. The third-order valence-corrected chi connectivity index (χ3v) is 6.17. The summed E-state index contributed by atoms with van der Waals surface area (Å²) in [4.78, 5) is 12.6. The molecule has 1 atom stereocenters. The molecule has 30 heavy (non-hydrogen) atoms. The van der Waals surface area contributed by atoms with Gasteiger partial charge in [-0.15, -0.1) is 0 Å². The van der Waals surface area contributed by atoms with Gasteiger partial charge >= 0.3 is 0 Å². The van der Waals surface area contributed by atoms with Crippen LogP contribution in [0.5, 0.6) is 0 Å². The van der Waals surface area contributed by atoms with E-state index in [-0.39, 0.29) is 15.5 Å². The zero-order valence-corrected chi connectivity index (χ0v) is 17.9. The van der Waals surface area contributed by atoms with Crippen LogP contribution in [0.4, 0.5) is 10.1 Å². The molecule has 156 valence electrons. The van der Waals surface area contributed by atoms with Crippen LogP contribution in [-0.2, 0) is 10.0 Å². The zero-order chi connectivity index (χ0) is 21.9. The van der Waals surface area contributed by atoms with E-state index in [2.05, 4.69) is 10.0 Å². The van der Waals surface area contributed by atoms with Gasteiger partial charge in [0.1, 0.15) is 5.82 Å². The van der Waals surface area contributed by atoms with Gasteiger partial charge < -0.3 is 5.32 Å². The van der Waals surface area contributed by atoms with Crippen molar-refractivity contribution >= 4 is 33.2 Å². The molecule has 0 radical (unpaired) electrons. The summed E-state index contributed by atoms with van der Waals surface area (Å²) >= 11 is 6.14. The van der Waals surface area contributed by atoms with E-state index in [0.717, 1.165) is 5.56 Å². The van der Waals surface area contributed by atoms with Crippen molar-refractivity contribution in [2.75, 3.05) is 4.72 Å². The van der Waals surface area contributed by atoms with Crippen LogP contribution in [0.1, 0.15) is 34.5 Å². The van der Waals surface area contributed by atoms with Crippen LogP contribution in [-0.4, -0.2) is 14.3 Å². The van der Waals surface area contributed by atoms with Crippen LogP contribution >= 0.6 is 11.6 Å². The number of carbonyl (C=O) groups excluding carboxylic acids is 1. The normalized spacial score (nSPS) is 12.3. The van der Waals surface area contributed by atoms with Crippen LogP contribution in [0.2, 0.25) is 5.02 Å². The monoisotopic (exact) mass is 446 g/mol. The fraction of sp³-hybridized carbons (Fsp3) is 0.136. The van der Waals surface area contributed by atoms with Crippen LogP contribution in [0.25, 0.3) is 0 Å². The zero-order valence-electron chi connectivity index (χ0n) is 16.3. The molecule has 0 heterocycles. The Morgan fingerprint density at radius 3 is 2.47 bits per heavy atom. The molecule has 0 aliphatic rings. The van der Waals surface area contributed by atoms with Crippen molar-refractivity contribution in [2.45, 2.75) is 24.8 Å². The van der Waals surface area contributed by atoms with E-state index in [1.807, 2.05) is 13.0 Å². The highest BCUT2D eigenvalue weighted by Gasteiger charge is 2.20. The highest BCUT2D eigenvalue weighted by molar-refractivity contribution is 7.92. The predicted octanol–water partition coefficient (Wildman–Crippen LogP) is 5.08. The van der Waals surface area contributed by atoms with E-state index in [0.29, 0.717) is 11.3 Å². The summed E-state index contributed by atoms with van der Waals surface area (Å²) in [5.74, 6) is -0.980. The van der Waals surface area contributed by atoms with Crippen molar-refractivity contribution in [3.05, 3.63) is 94.3 Å². The molecule has 3 aromatic rings. The van der Waals surface area contributed by atoms with E-state index in [1.165, 1.54) is 30.3 Å².